The molecule has 0 fully saturated rings. The lowest BCUT2D eigenvalue weighted by atomic mass is 10.2. The van der Waals surface area contributed by atoms with Crippen LogP contribution in [0, 0.1) is 0 Å². The van der Waals surface area contributed by atoms with Gasteiger partial charge in [-0.1, -0.05) is 30.3 Å². The van der Waals surface area contributed by atoms with Crippen LogP contribution in [0.5, 0.6) is 0 Å². The highest BCUT2D eigenvalue weighted by atomic mass is 16.2. The first-order chi connectivity index (χ1) is 8.78. The monoisotopic (exact) mass is 244 g/mol. The third-order valence-electron chi connectivity index (χ3n) is 2.50. The zero-order valence-corrected chi connectivity index (χ0v) is 10.3. The van der Waals surface area contributed by atoms with Gasteiger partial charge in [-0.25, -0.2) is 4.79 Å². The van der Waals surface area contributed by atoms with E-state index in [9.17, 15) is 4.79 Å². The van der Waals surface area contributed by atoms with Crippen molar-refractivity contribution in [3.05, 3.63) is 48.2 Å². The van der Waals surface area contributed by atoms with Crippen molar-refractivity contribution in [3.8, 4) is 0 Å². The fourth-order valence-electron chi connectivity index (χ4n) is 1.54. The molecule has 0 bridgehead atoms. The van der Waals surface area contributed by atoms with E-state index in [1.54, 1.807) is 10.7 Å². The molecule has 0 unspecified atom stereocenters. The number of hydrogen-bond donors (Lipinski definition) is 2. The molecule has 0 saturated carbocycles. The Balaban J connectivity index is 1.82. The predicted octanol–water partition coefficient (Wildman–Crippen LogP) is 2.22. The summed E-state index contributed by atoms with van der Waals surface area (Å²) in [4.78, 5) is 11.6. The first-order valence-electron chi connectivity index (χ1n) is 5.90. The highest BCUT2D eigenvalue weighted by Crippen LogP contribution is 2.02. The van der Waals surface area contributed by atoms with Crippen molar-refractivity contribution >= 4 is 11.8 Å². The van der Waals surface area contributed by atoms with E-state index in [-0.39, 0.29) is 6.03 Å². The Hall–Kier alpha value is -2.30. The van der Waals surface area contributed by atoms with E-state index in [0.29, 0.717) is 12.4 Å². The summed E-state index contributed by atoms with van der Waals surface area (Å²) in [6.07, 6.45) is 1.83. The van der Waals surface area contributed by atoms with Gasteiger partial charge in [-0.3, -0.25) is 10.00 Å². The zero-order valence-electron chi connectivity index (χ0n) is 10.3. The van der Waals surface area contributed by atoms with Crippen LogP contribution in [0.4, 0.5) is 10.6 Å². The summed E-state index contributed by atoms with van der Waals surface area (Å²) >= 11 is 0. The average molecular weight is 244 g/mol. The number of benzene rings is 1. The Morgan fingerprint density at radius 3 is 2.72 bits per heavy atom. The third kappa shape index (κ3) is 3.35. The lowest BCUT2D eigenvalue weighted by Crippen LogP contribution is -2.28. The number of aryl methyl sites for hydroxylation is 1. The summed E-state index contributed by atoms with van der Waals surface area (Å²) in [7, 11) is 0. The lowest BCUT2D eigenvalue weighted by molar-refractivity contribution is 0.251. The first-order valence-corrected chi connectivity index (χ1v) is 5.90. The van der Waals surface area contributed by atoms with E-state index in [1.165, 1.54) is 0 Å². The summed E-state index contributed by atoms with van der Waals surface area (Å²) in [5.74, 6) is 0.558. The van der Waals surface area contributed by atoms with Gasteiger partial charge >= 0.3 is 6.03 Å². The molecule has 94 valence electrons. The van der Waals surface area contributed by atoms with Gasteiger partial charge in [-0.15, -0.1) is 0 Å². The van der Waals surface area contributed by atoms with Gasteiger partial charge in [-0.05, 0) is 12.5 Å². The highest BCUT2D eigenvalue weighted by molar-refractivity contribution is 5.88. The second kappa shape index (κ2) is 5.86. The summed E-state index contributed by atoms with van der Waals surface area (Å²) in [5.41, 5.74) is 1.06. The molecule has 5 nitrogen and oxygen atoms in total. The third-order valence-corrected chi connectivity index (χ3v) is 2.50. The number of nitrogens with zero attached hydrogens (tertiary/aromatic N) is 2. The van der Waals surface area contributed by atoms with E-state index < -0.39 is 0 Å². The number of rotatable bonds is 4. The Kier molecular flexibility index (Phi) is 3.96. The summed E-state index contributed by atoms with van der Waals surface area (Å²) in [6.45, 7) is 3.28. The zero-order chi connectivity index (χ0) is 12.8. The van der Waals surface area contributed by atoms with Crippen LogP contribution in [0.3, 0.4) is 0 Å². The summed E-state index contributed by atoms with van der Waals surface area (Å²) in [5, 5.41) is 9.63. The maximum absolute atomic E-state index is 11.6. The molecule has 5 heteroatoms. The van der Waals surface area contributed by atoms with Crippen LogP contribution in [0.25, 0.3) is 0 Å². The molecular formula is C13H16N4O. The number of aromatic nitrogens is 2. The van der Waals surface area contributed by atoms with Gasteiger partial charge in [0.25, 0.3) is 0 Å². The number of urea groups is 1. The molecule has 0 aliphatic carbocycles. The minimum atomic E-state index is -0.250. The van der Waals surface area contributed by atoms with Crippen molar-refractivity contribution in [2.45, 2.75) is 20.0 Å². The van der Waals surface area contributed by atoms with Crippen molar-refractivity contribution < 1.29 is 4.79 Å². The van der Waals surface area contributed by atoms with Gasteiger partial charge in [0, 0.05) is 25.4 Å². The number of carbonyl (C=O) groups is 1. The van der Waals surface area contributed by atoms with E-state index in [0.717, 1.165) is 12.1 Å². The van der Waals surface area contributed by atoms with E-state index in [4.69, 9.17) is 0 Å². The number of hydrogen-bond acceptors (Lipinski definition) is 2. The van der Waals surface area contributed by atoms with Gasteiger partial charge in [0.05, 0.1) is 0 Å². The number of carbonyl (C=O) groups excluding carboxylic acids is 1. The molecule has 0 aliphatic rings. The molecule has 2 amide bonds. The average Bonchev–Trinajstić information content (AvgIpc) is 2.85. The molecule has 0 spiro atoms. The van der Waals surface area contributed by atoms with Crippen LogP contribution in [0.15, 0.2) is 42.6 Å². The second-order valence-electron chi connectivity index (χ2n) is 3.85. The molecule has 0 atom stereocenters. The topological polar surface area (TPSA) is 59.0 Å². The molecule has 2 N–H and O–H groups in total. The molecule has 1 aromatic heterocycles. The first kappa shape index (κ1) is 12.2. The van der Waals surface area contributed by atoms with Gasteiger partial charge in [0.1, 0.15) is 0 Å². The molecular weight excluding hydrogens is 228 g/mol. The fraction of sp³-hybridized carbons (Fsp3) is 0.231. The highest BCUT2D eigenvalue weighted by Gasteiger charge is 2.03. The minimum Gasteiger partial charge on any atom is -0.334 e. The Morgan fingerprint density at radius 2 is 2.06 bits per heavy atom. The van der Waals surface area contributed by atoms with Gasteiger partial charge in [-0.2, -0.15) is 5.10 Å². The second-order valence-corrected chi connectivity index (χ2v) is 3.85. The maximum Gasteiger partial charge on any atom is 0.320 e. The van der Waals surface area contributed by atoms with Crippen molar-refractivity contribution in [2.24, 2.45) is 0 Å². The lowest BCUT2D eigenvalue weighted by Gasteiger charge is -2.05. The molecule has 18 heavy (non-hydrogen) atoms. The number of anilines is 1. The Morgan fingerprint density at radius 1 is 1.28 bits per heavy atom. The minimum absolute atomic E-state index is 0.250. The van der Waals surface area contributed by atoms with Crippen molar-refractivity contribution in [3.63, 3.8) is 0 Å². The molecule has 1 heterocycles. The largest absolute Gasteiger partial charge is 0.334 e. The van der Waals surface area contributed by atoms with Crippen molar-refractivity contribution in [2.75, 3.05) is 5.32 Å². The molecule has 2 aromatic rings. The van der Waals surface area contributed by atoms with Crippen LogP contribution in [0.2, 0.25) is 0 Å². The normalized spacial score (nSPS) is 10.1. The van der Waals surface area contributed by atoms with Crippen LogP contribution in [0.1, 0.15) is 12.5 Å². The van der Waals surface area contributed by atoms with Gasteiger partial charge < -0.3 is 5.32 Å². The van der Waals surface area contributed by atoms with Crippen LogP contribution in [-0.4, -0.2) is 15.8 Å². The van der Waals surface area contributed by atoms with Crippen molar-refractivity contribution in [1.82, 2.24) is 15.1 Å². The summed E-state index contributed by atoms with van der Waals surface area (Å²) < 4.78 is 1.76. The van der Waals surface area contributed by atoms with Gasteiger partial charge in [0.15, 0.2) is 5.82 Å². The molecule has 1 aromatic carbocycles. The molecule has 0 saturated heterocycles. The Bertz CT molecular complexity index is 507. The van der Waals surface area contributed by atoms with Crippen molar-refractivity contribution in [1.29, 1.82) is 0 Å². The molecule has 0 aliphatic heterocycles. The smallest absolute Gasteiger partial charge is 0.320 e. The number of amides is 2. The summed E-state index contributed by atoms with van der Waals surface area (Å²) in [6, 6.07) is 11.3. The number of nitrogens with one attached hydrogen (secondary N) is 2. The SMILES string of the molecule is CCn1ccc(NC(=O)NCc2ccccc2)n1. The Labute approximate surface area is 106 Å². The fourth-order valence-corrected chi connectivity index (χ4v) is 1.54. The molecule has 2 rings (SSSR count). The van der Waals surface area contributed by atoms with E-state index in [2.05, 4.69) is 15.7 Å². The van der Waals surface area contributed by atoms with Crippen LogP contribution in [-0.2, 0) is 13.1 Å². The predicted molar refractivity (Wildman–Crippen MR) is 70.2 cm³/mol. The van der Waals surface area contributed by atoms with E-state index >= 15 is 0 Å². The van der Waals surface area contributed by atoms with Gasteiger partial charge in [0.2, 0.25) is 0 Å². The maximum atomic E-state index is 11.6. The van der Waals surface area contributed by atoms with E-state index in [1.807, 2.05) is 43.5 Å². The molecule has 0 radical (unpaired) electrons. The standard InChI is InChI=1S/C13H16N4O/c1-2-17-9-8-12(16-17)15-13(18)14-10-11-6-4-3-5-7-11/h3-9H,2,10H2,1H3,(H2,14,15,16,18). The quantitative estimate of drug-likeness (QED) is 0.866. The van der Waals surface area contributed by atoms with Crippen LogP contribution < -0.4 is 10.6 Å². The van der Waals surface area contributed by atoms with Crippen LogP contribution >= 0.6 is 0 Å².